The Morgan fingerprint density at radius 3 is 3.00 bits per heavy atom. The summed E-state index contributed by atoms with van der Waals surface area (Å²) in [6.07, 6.45) is 4.83. The van der Waals surface area contributed by atoms with Gasteiger partial charge in [0, 0.05) is 36.6 Å². The first kappa shape index (κ1) is 12.7. The maximum atomic E-state index is 13.1. The van der Waals surface area contributed by atoms with Crippen molar-refractivity contribution in [2.45, 2.75) is 6.54 Å². The molecule has 0 atom stereocenters. The van der Waals surface area contributed by atoms with Gasteiger partial charge in [0.05, 0.1) is 11.1 Å². The van der Waals surface area contributed by atoms with Gasteiger partial charge in [0.2, 0.25) is 0 Å². The number of benzene rings is 1. The summed E-state index contributed by atoms with van der Waals surface area (Å²) in [4.78, 5) is 10.2. The summed E-state index contributed by atoms with van der Waals surface area (Å²) >= 11 is 0. The summed E-state index contributed by atoms with van der Waals surface area (Å²) < 4.78 is 14.6. The molecule has 98 valence electrons. The van der Waals surface area contributed by atoms with Gasteiger partial charge in [-0.15, -0.1) is 0 Å². The van der Waals surface area contributed by atoms with E-state index in [9.17, 15) is 14.5 Å². The van der Waals surface area contributed by atoms with E-state index in [0.29, 0.717) is 6.54 Å². The molecule has 1 aromatic heterocycles. The van der Waals surface area contributed by atoms with Crippen LogP contribution in [0, 0.1) is 15.9 Å². The number of rotatable bonds is 5. The number of hydrogen-bond donors (Lipinski definition) is 1. The van der Waals surface area contributed by atoms with Gasteiger partial charge in [-0.25, -0.2) is 9.07 Å². The molecule has 1 N–H and O–H groups in total. The van der Waals surface area contributed by atoms with E-state index in [-0.39, 0.29) is 11.4 Å². The van der Waals surface area contributed by atoms with Crippen LogP contribution in [0.3, 0.4) is 0 Å². The first-order chi connectivity index (χ1) is 9.10. The largest absolute Gasteiger partial charge is 0.375 e. The van der Waals surface area contributed by atoms with E-state index in [1.807, 2.05) is 0 Å². The van der Waals surface area contributed by atoms with Crippen molar-refractivity contribution in [1.29, 1.82) is 0 Å². The van der Waals surface area contributed by atoms with Crippen LogP contribution in [0.1, 0.15) is 5.56 Å². The number of hydrogen-bond acceptors (Lipinski definition) is 4. The third kappa shape index (κ3) is 2.95. The highest BCUT2D eigenvalue weighted by Gasteiger charge is 2.14. The van der Waals surface area contributed by atoms with E-state index in [1.165, 1.54) is 10.9 Å². The van der Waals surface area contributed by atoms with Gasteiger partial charge in [-0.1, -0.05) is 6.58 Å². The highest BCUT2D eigenvalue weighted by atomic mass is 19.1. The highest BCUT2D eigenvalue weighted by Crippen LogP contribution is 2.25. The number of halogens is 1. The number of nitro benzene ring substituents is 1. The molecule has 0 radical (unpaired) electrons. The van der Waals surface area contributed by atoms with Crippen LogP contribution in [0.4, 0.5) is 15.8 Å². The number of anilines is 1. The van der Waals surface area contributed by atoms with E-state index < -0.39 is 10.7 Å². The maximum absolute atomic E-state index is 13.1. The normalized spacial score (nSPS) is 10.2. The highest BCUT2D eigenvalue weighted by molar-refractivity contribution is 5.61. The second-order valence-electron chi connectivity index (χ2n) is 3.78. The molecular formula is C12H11FN4O2. The van der Waals surface area contributed by atoms with Gasteiger partial charge in [-0.05, 0) is 6.07 Å². The summed E-state index contributed by atoms with van der Waals surface area (Å²) in [5.74, 6) is -0.533. The first-order valence-corrected chi connectivity index (χ1v) is 5.43. The van der Waals surface area contributed by atoms with Crippen molar-refractivity contribution in [3.05, 3.63) is 58.7 Å². The molecule has 0 aliphatic heterocycles. The molecule has 7 heteroatoms. The zero-order chi connectivity index (χ0) is 13.8. The summed E-state index contributed by atoms with van der Waals surface area (Å²) in [6, 6.07) is 3.28. The predicted octanol–water partition coefficient (Wildman–Crippen LogP) is 2.64. The van der Waals surface area contributed by atoms with Crippen LogP contribution in [0.15, 0.2) is 37.2 Å². The maximum Gasteiger partial charge on any atom is 0.292 e. The molecule has 1 aromatic carbocycles. The third-order valence-corrected chi connectivity index (χ3v) is 2.48. The van der Waals surface area contributed by atoms with Crippen molar-refractivity contribution >= 4 is 17.6 Å². The average molecular weight is 262 g/mol. The Morgan fingerprint density at radius 1 is 1.58 bits per heavy atom. The Labute approximate surface area is 108 Å². The fourth-order valence-corrected chi connectivity index (χ4v) is 1.57. The summed E-state index contributed by atoms with van der Waals surface area (Å²) in [7, 11) is 0. The Bertz CT molecular complexity index is 624. The van der Waals surface area contributed by atoms with E-state index in [4.69, 9.17) is 0 Å². The van der Waals surface area contributed by atoms with Crippen LogP contribution in [0.2, 0.25) is 0 Å². The Morgan fingerprint density at radius 2 is 2.37 bits per heavy atom. The second-order valence-corrected chi connectivity index (χ2v) is 3.78. The molecular weight excluding hydrogens is 251 g/mol. The zero-order valence-electron chi connectivity index (χ0n) is 9.91. The van der Waals surface area contributed by atoms with Crippen LogP contribution in [-0.4, -0.2) is 14.7 Å². The standard InChI is InChI=1S/C12H11FN4O2/c1-2-16-8-9(7-15-16)6-14-11-5-10(13)3-4-12(11)17(18)19/h2-5,7-8,14H,1,6H2. The topological polar surface area (TPSA) is 73.0 Å². The lowest BCUT2D eigenvalue weighted by molar-refractivity contribution is -0.384. The Balaban J connectivity index is 2.16. The molecule has 0 aliphatic carbocycles. The number of nitro groups is 1. The van der Waals surface area contributed by atoms with Crippen molar-refractivity contribution < 1.29 is 9.31 Å². The van der Waals surface area contributed by atoms with E-state index >= 15 is 0 Å². The molecule has 0 unspecified atom stereocenters. The van der Waals surface area contributed by atoms with Crippen molar-refractivity contribution in [2.75, 3.05) is 5.32 Å². The monoisotopic (exact) mass is 262 g/mol. The van der Waals surface area contributed by atoms with E-state index in [1.54, 1.807) is 12.4 Å². The third-order valence-electron chi connectivity index (χ3n) is 2.48. The van der Waals surface area contributed by atoms with Gasteiger partial charge in [0.15, 0.2) is 0 Å². The molecule has 0 spiro atoms. The second kappa shape index (κ2) is 5.30. The van der Waals surface area contributed by atoms with Crippen LogP contribution < -0.4 is 5.32 Å². The van der Waals surface area contributed by atoms with Gasteiger partial charge in [-0.3, -0.25) is 10.1 Å². The van der Waals surface area contributed by atoms with Crippen molar-refractivity contribution in [3.63, 3.8) is 0 Å². The molecule has 0 fully saturated rings. The van der Waals surface area contributed by atoms with E-state index in [2.05, 4.69) is 17.0 Å². The Kier molecular flexibility index (Phi) is 3.56. The fourth-order valence-electron chi connectivity index (χ4n) is 1.57. The Hall–Kier alpha value is -2.70. The van der Waals surface area contributed by atoms with Gasteiger partial charge in [0.25, 0.3) is 5.69 Å². The molecule has 0 aliphatic rings. The fraction of sp³-hybridized carbons (Fsp3) is 0.0833. The lowest BCUT2D eigenvalue weighted by Gasteiger charge is -2.05. The molecule has 2 aromatic rings. The van der Waals surface area contributed by atoms with Crippen molar-refractivity contribution in [2.24, 2.45) is 0 Å². The summed E-state index contributed by atoms with van der Waals surface area (Å²) in [5, 5.41) is 17.6. The lowest BCUT2D eigenvalue weighted by Crippen LogP contribution is -2.02. The van der Waals surface area contributed by atoms with Crippen LogP contribution in [0.25, 0.3) is 6.20 Å². The number of aromatic nitrogens is 2. The predicted molar refractivity (Wildman–Crippen MR) is 69.0 cm³/mol. The lowest BCUT2D eigenvalue weighted by atomic mass is 10.2. The minimum absolute atomic E-state index is 0.136. The van der Waals surface area contributed by atoms with Crippen LogP contribution in [0.5, 0.6) is 0 Å². The minimum atomic E-state index is -0.561. The smallest absolute Gasteiger partial charge is 0.292 e. The zero-order valence-corrected chi connectivity index (χ0v) is 9.91. The van der Waals surface area contributed by atoms with Crippen LogP contribution in [-0.2, 0) is 6.54 Å². The molecule has 0 amide bonds. The molecule has 6 nitrogen and oxygen atoms in total. The summed E-state index contributed by atoms with van der Waals surface area (Å²) in [6.45, 7) is 3.86. The van der Waals surface area contributed by atoms with Crippen molar-refractivity contribution in [1.82, 2.24) is 9.78 Å². The first-order valence-electron chi connectivity index (χ1n) is 5.43. The van der Waals surface area contributed by atoms with Crippen molar-refractivity contribution in [3.8, 4) is 0 Å². The number of nitrogens with zero attached hydrogens (tertiary/aromatic N) is 3. The molecule has 2 rings (SSSR count). The number of nitrogens with one attached hydrogen (secondary N) is 1. The molecule has 0 saturated carbocycles. The molecule has 0 bridgehead atoms. The molecule has 19 heavy (non-hydrogen) atoms. The van der Waals surface area contributed by atoms with E-state index in [0.717, 1.165) is 23.8 Å². The quantitative estimate of drug-likeness (QED) is 0.664. The summed E-state index contributed by atoms with van der Waals surface area (Å²) in [5.41, 5.74) is 0.771. The minimum Gasteiger partial charge on any atom is -0.375 e. The van der Waals surface area contributed by atoms with Gasteiger partial charge in [-0.2, -0.15) is 5.10 Å². The molecule has 1 heterocycles. The van der Waals surface area contributed by atoms with Crippen LogP contribution >= 0.6 is 0 Å². The SMILES string of the molecule is C=Cn1cc(CNc2cc(F)ccc2[N+](=O)[O-])cn1. The molecule has 0 saturated heterocycles. The average Bonchev–Trinajstić information content (AvgIpc) is 2.84. The van der Waals surface area contributed by atoms with Gasteiger partial charge in [0.1, 0.15) is 11.5 Å². The van der Waals surface area contributed by atoms with Gasteiger partial charge < -0.3 is 5.32 Å². The van der Waals surface area contributed by atoms with Gasteiger partial charge >= 0.3 is 0 Å².